The van der Waals surface area contributed by atoms with Crippen LogP contribution in [-0.2, 0) is 14.8 Å². The highest BCUT2D eigenvalue weighted by molar-refractivity contribution is 8.00. The molecule has 0 aromatic heterocycles. The van der Waals surface area contributed by atoms with Gasteiger partial charge in [-0.2, -0.15) is 0 Å². The van der Waals surface area contributed by atoms with E-state index in [0.29, 0.717) is 18.7 Å². The van der Waals surface area contributed by atoms with Crippen LogP contribution in [0.25, 0.3) is 0 Å². The molecule has 26 heavy (non-hydrogen) atoms. The fraction of sp³-hybridized carbons (Fsp3) is 0.611. The summed E-state index contributed by atoms with van der Waals surface area (Å²) in [4.78, 5) is 15.3. The van der Waals surface area contributed by atoms with Crippen molar-refractivity contribution in [2.45, 2.75) is 48.2 Å². The molecule has 8 heteroatoms. The molecule has 2 heterocycles. The number of likely N-dealkylation sites (tertiary alicyclic amines) is 1. The number of carbonyl (C=O) groups is 1. The summed E-state index contributed by atoms with van der Waals surface area (Å²) in [7, 11) is -3.59. The van der Waals surface area contributed by atoms with Gasteiger partial charge in [-0.3, -0.25) is 4.79 Å². The number of nitrogens with one attached hydrogen (secondary N) is 2. The second kappa shape index (κ2) is 8.29. The van der Waals surface area contributed by atoms with Crippen LogP contribution in [-0.4, -0.2) is 50.7 Å². The molecule has 1 amide bonds. The molecule has 3 rings (SSSR count). The number of anilines is 1. The lowest BCUT2D eigenvalue weighted by Gasteiger charge is -2.30. The van der Waals surface area contributed by atoms with Crippen molar-refractivity contribution in [1.29, 1.82) is 0 Å². The lowest BCUT2D eigenvalue weighted by Crippen LogP contribution is -2.39. The number of rotatable bonds is 5. The number of piperidine rings is 1. The van der Waals surface area contributed by atoms with E-state index in [4.69, 9.17) is 0 Å². The standard InChI is InChI=1S/C18H27N3O3S2/c1-13-5-8-21(9-6-13)10-7-19-26(23,24)15-3-4-17-16(12-15)20-18(22)11-14(2)25-17/h3-4,12-14,19H,5-11H2,1-2H3,(H,20,22)/t14-/m1/s1. The zero-order chi connectivity index (χ0) is 18.7. The second-order valence-corrected chi connectivity index (χ2v) is 10.5. The molecular weight excluding hydrogens is 370 g/mol. The van der Waals surface area contributed by atoms with Gasteiger partial charge in [0.05, 0.1) is 10.6 Å². The predicted octanol–water partition coefficient (Wildman–Crippen LogP) is 2.52. The summed E-state index contributed by atoms with van der Waals surface area (Å²) in [5, 5.41) is 2.99. The summed E-state index contributed by atoms with van der Waals surface area (Å²) in [5.74, 6) is 0.684. The van der Waals surface area contributed by atoms with E-state index in [2.05, 4.69) is 21.9 Å². The molecule has 1 atom stereocenters. The molecule has 6 nitrogen and oxygen atoms in total. The summed E-state index contributed by atoms with van der Waals surface area (Å²) in [5.41, 5.74) is 0.581. The first-order chi connectivity index (χ1) is 12.3. The Balaban J connectivity index is 1.63. The van der Waals surface area contributed by atoms with E-state index >= 15 is 0 Å². The van der Waals surface area contributed by atoms with Gasteiger partial charge >= 0.3 is 0 Å². The maximum atomic E-state index is 12.6. The van der Waals surface area contributed by atoms with E-state index < -0.39 is 10.0 Å². The predicted molar refractivity (Wildman–Crippen MR) is 105 cm³/mol. The number of sulfonamides is 1. The Morgan fingerprint density at radius 3 is 2.73 bits per heavy atom. The van der Waals surface area contributed by atoms with Gasteiger partial charge in [0, 0.05) is 29.7 Å². The van der Waals surface area contributed by atoms with Crippen LogP contribution in [0.5, 0.6) is 0 Å². The summed E-state index contributed by atoms with van der Waals surface area (Å²) < 4.78 is 27.9. The molecule has 0 unspecified atom stereocenters. The zero-order valence-corrected chi connectivity index (χ0v) is 17.0. The number of carbonyl (C=O) groups excluding carboxylic acids is 1. The number of amides is 1. The lowest BCUT2D eigenvalue weighted by molar-refractivity contribution is -0.116. The lowest BCUT2D eigenvalue weighted by atomic mass is 9.99. The van der Waals surface area contributed by atoms with E-state index in [-0.39, 0.29) is 16.1 Å². The van der Waals surface area contributed by atoms with Crippen LogP contribution in [0.1, 0.15) is 33.1 Å². The van der Waals surface area contributed by atoms with E-state index in [9.17, 15) is 13.2 Å². The van der Waals surface area contributed by atoms with Crippen molar-refractivity contribution < 1.29 is 13.2 Å². The van der Waals surface area contributed by atoms with Crippen molar-refractivity contribution in [3.05, 3.63) is 18.2 Å². The minimum atomic E-state index is -3.59. The molecule has 1 fully saturated rings. The maximum Gasteiger partial charge on any atom is 0.240 e. The Labute approximate surface area is 160 Å². The highest BCUT2D eigenvalue weighted by Gasteiger charge is 2.22. The third-order valence-electron chi connectivity index (χ3n) is 4.93. The third kappa shape index (κ3) is 5.00. The van der Waals surface area contributed by atoms with Crippen LogP contribution >= 0.6 is 11.8 Å². The molecule has 2 aliphatic heterocycles. The Morgan fingerprint density at radius 1 is 1.27 bits per heavy atom. The average Bonchev–Trinajstić information content (AvgIpc) is 2.72. The number of nitrogens with zero attached hydrogens (tertiary/aromatic N) is 1. The number of fused-ring (bicyclic) bond motifs is 1. The Bertz CT molecular complexity index is 759. The number of hydrogen-bond donors (Lipinski definition) is 2. The SMILES string of the molecule is CC1CCN(CCNS(=O)(=O)c2ccc3c(c2)NC(=O)C[C@@H](C)S3)CC1. The van der Waals surface area contributed by atoms with E-state index in [0.717, 1.165) is 30.4 Å². The van der Waals surface area contributed by atoms with E-state index in [1.165, 1.54) is 12.8 Å². The Hall–Kier alpha value is -1.09. The molecule has 1 aromatic rings. The van der Waals surface area contributed by atoms with Crippen LogP contribution in [0.2, 0.25) is 0 Å². The molecule has 0 radical (unpaired) electrons. The topological polar surface area (TPSA) is 78.5 Å². The van der Waals surface area contributed by atoms with E-state index in [1.54, 1.807) is 30.0 Å². The van der Waals surface area contributed by atoms with Gasteiger partial charge in [0.1, 0.15) is 0 Å². The molecule has 144 valence electrons. The smallest absolute Gasteiger partial charge is 0.240 e. The highest BCUT2D eigenvalue weighted by Crippen LogP contribution is 2.36. The van der Waals surface area contributed by atoms with Gasteiger partial charge in [-0.05, 0) is 50.0 Å². The first-order valence-corrected chi connectivity index (χ1v) is 11.5. The van der Waals surface area contributed by atoms with Gasteiger partial charge < -0.3 is 10.2 Å². The van der Waals surface area contributed by atoms with Crippen LogP contribution in [0, 0.1) is 5.92 Å². The molecule has 2 aliphatic rings. The molecule has 0 saturated carbocycles. The fourth-order valence-corrected chi connectivity index (χ4v) is 5.40. The van der Waals surface area contributed by atoms with Crippen molar-refractivity contribution in [2.75, 3.05) is 31.5 Å². The third-order valence-corrected chi connectivity index (χ3v) is 7.57. The van der Waals surface area contributed by atoms with Crippen molar-refractivity contribution in [1.82, 2.24) is 9.62 Å². The summed E-state index contributed by atoms with van der Waals surface area (Å²) in [6, 6.07) is 4.95. The largest absolute Gasteiger partial charge is 0.325 e. The van der Waals surface area contributed by atoms with Crippen molar-refractivity contribution in [2.24, 2.45) is 5.92 Å². The normalized spacial score (nSPS) is 22.5. The van der Waals surface area contributed by atoms with Gasteiger partial charge in [-0.1, -0.05) is 13.8 Å². The first-order valence-electron chi connectivity index (χ1n) is 9.16. The molecular formula is C18H27N3O3S2. The van der Waals surface area contributed by atoms with Crippen LogP contribution in [0.3, 0.4) is 0 Å². The molecule has 1 aromatic carbocycles. The number of thioether (sulfide) groups is 1. The highest BCUT2D eigenvalue weighted by atomic mass is 32.2. The number of hydrogen-bond acceptors (Lipinski definition) is 5. The van der Waals surface area contributed by atoms with Crippen LogP contribution in [0.4, 0.5) is 5.69 Å². The van der Waals surface area contributed by atoms with Gasteiger partial charge in [-0.25, -0.2) is 13.1 Å². The number of benzene rings is 1. The molecule has 1 saturated heterocycles. The van der Waals surface area contributed by atoms with Gasteiger partial charge in [0.25, 0.3) is 0 Å². The second-order valence-electron chi connectivity index (χ2n) is 7.26. The maximum absolute atomic E-state index is 12.6. The van der Waals surface area contributed by atoms with Gasteiger partial charge in [-0.15, -0.1) is 11.8 Å². The minimum Gasteiger partial charge on any atom is -0.325 e. The summed E-state index contributed by atoms with van der Waals surface area (Å²) in [6.45, 7) is 7.43. The minimum absolute atomic E-state index is 0.0782. The Morgan fingerprint density at radius 2 is 2.00 bits per heavy atom. The van der Waals surface area contributed by atoms with Gasteiger partial charge in [0.2, 0.25) is 15.9 Å². The quantitative estimate of drug-likeness (QED) is 0.798. The monoisotopic (exact) mass is 397 g/mol. The van der Waals surface area contributed by atoms with Crippen LogP contribution < -0.4 is 10.0 Å². The molecule has 0 spiro atoms. The van der Waals surface area contributed by atoms with Crippen molar-refractivity contribution >= 4 is 33.4 Å². The van der Waals surface area contributed by atoms with Crippen LogP contribution in [0.15, 0.2) is 28.0 Å². The van der Waals surface area contributed by atoms with E-state index in [1.807, 2.05) is 6.92 Å². The molecule has 0 aliphatic carbocycles. The average molecular weight is 398 g/mol. The first kappa shape index (κ1) is 19.7. The molecule has 2 N–H and O–H groups in total. The van der Waals surface area contributed by atoms with Gasteiger partial charge in [0.15, 0.2) is 0 Å². The van der Waals surface area contributed by atoms with Crippen molar-refractivity contribution in [3.63, 3.8) is 0 Å². The van der Waals surface area contributed by atoms with Crippen molar-refractivity contribution in [3.8, 4) is 0 Å². The summed E-state index contributed by atoms with van der Waals surface area (Å²) >= 11 is 1.59. The molecule has 0 bridgehead atoms. The Kier molecular flexibility index (Phi) is 6.27. The zero-order valence-electron chi connectivity index (χ0n) is 15.3. The fourth-order valence-electron chi connectivity index (χ4n) is 3.30. The summed E-state index contributed by atoms with van der Waals surface area (Å²) in [6.07, 6.45) is 2.77.